The Morgan fingerprint density at radius 3 is 2.21 bits per heavy atom. The van der Waals surface area contributed by atoms with Crippen molar-refractivity contribution in [3.63, 3.8) is 0 Å². The molecule has 2 heterocycles. The number of ether oxygens (including phenoxy) is 2. The fourth-order valence-corrected chi connectivity index (χ4v) is 7.61. The van der Waals surface area contributed by atoms with Gasteiger partial charge in [0.1, 0.15) is 23.1 Å². The number of anilines is 1. The van der Waals surface area contributed by atoms with E-state index in [-0.39, 0.29) is 44.0 Å². The van der Waals surface area contributed by atoms with Crippen molar-refractivity contribution in [2.24, 2.45) is 5.73 Å². The van der Waals surface area contributed by atoms with Gasteiger partial charge in [0.25, 0.3) is 0 Å². The molecule has 1 saturated carbocycles. The number of likely N-dealkylation sites (N-methyl/N-ethyl adjacent to an activating group) is 1. The van der Waals surface area contributed by atoms with Gasteiger partial charge < -0.3 is 30.3 Å². The first-order chi connectivity index (χ1) is 24.5. The van der Waals surface area contributed by atoms with Crippen molar-refractivity contribution < 1.29 is 28.7 Å². The van der Waals surface area contributed by atoms with Crippen LogP contribution in [0.5, 0.6) is 0 Å². The Morgan fingerprint density at radius 1 is 0.923 bits per heavy atom. The number of alkyl carbamates (subject to hydrolysis) is 1. The molecular formula is C37H54N8O7. The van der Waals surface area contributed by atoms with Crippen molar-refractivity contribution in [2.45, 2.75) is 116 Å². The number of hydrogen-bond acceptors (Lipinski definition) is 9. The molecule has 1 aliphatic heterocycles. The van der Waals surface area contributed by atoms with Gasteiger partial charge in [-0.3, -0.25) is 19.6 Å². The highest BCUT2D eigenvalue weighted by atomic mass is 16.6. The summed E-state index contributed by atoms with van der Waals surface area (Å²) in [5.74, 6) is -0.135. The Hall–Kier alpha value is -4.66. The molecule has 1 unspecified atom stereocenters. The van der Waals surface area contributed by atoms with E-state index in [9.17, 15) is 24.0 Å². The number of nitrogens with two attached hydrogens (primary N) is 1. The van der Waals surface area contributed by atoms with E-state index >= 15 is 0 Å². The summed E-state index contributed by atoms with van der Waals surface area (Å²) in [6.07, 6.45) is 6.63. The van der Waals surface area contributed by atoms with E-state index in [1.807, 2.05) is 6.07 Å². The number of fused-ring (bicyclic) bond motifs is 1. The maximum absolute atomic E-state index is 13.2. The Kier molecular flexibility index (Phi) is 11.8. The van der Waals surface area contributed by atoms with E-state index in [2.05, 4.69) is 39.6 Å². The molecule has 2 fully saturated rings. The molecule has 1 aromatic carbocycles. The smallest absolute Gasteiger partial charge is 0.408 e. The summed E-state index contributed by atoms with van der Waals surface area (Å²) in [6, 6.07) is 8.15. The molecule has 0 bridgehead atoms. The third-order valence-electron chi connectivity index (χ3n) is 10.1. The van der Waals surface area contributed by atoms with Crippen molar-refractivity contribution in [1.29, 1.82) is 0 Å². The number of benzene rings is 1. The summed E-state index contributed by atoms with van der Waals surface area (Å²) in [4.78, 5) is 72.7. The lowest BCUT2D eigenvalue weighted by atomic mass is 9.84. The molecule has 15 heteroatoms. The van der Waals surface area contributed by atoms with Crippen molar-refractivity contribution in [2.75, 3.05) is 38.0 Å². The minimum absolute atomic E-state index is 0.0860. The fraction of sp³-hybridized carbons (Fsp3) is 0.622. The quantitative estimate of drug-likeness (QED) is 0.365. The predicted octanol–water partition coefficient (Wildman–Crippen LogP) is 3.80. The minimum atomic E-state index is -1.19. The summed E-state index contributed by atoms with van der Waals surface area (Å²) < 4.78 is 12.0. The van der Waals surface area contributed by atoms with Crippen LogP contribution < -0.4 is 22.1 Å². The molecule has 4 N–H and O–H groups in total. The summed E-state index contributed by atoms with van der Waals surface area (Å²) >= 11 is 0. The van der Waals surface area contributed by atoms with Gasteiger partial charge in [-0.05, 0) is 115 Å². The monoisotopic (exact) mass is 722 g/mol. The number of aromatic nitrogens is 2. The molecule has 1 saturated heterocycles. The highest BCUT2D eigenvalue weighted by molar-refractivity contribution is 5.90. The van der Waals surface area contributed by atoms with Gasteiger partial charge in [0.05, 0.1) is 5.69 Å². The number of piperazine rings is 1. The number of rotatable bonds is 8. The van der Waals surface area contributed by atoms with E-state index in [0.29, 0.717) is 12.1 Å². The SMILES string of the molecule is CCN(C1CCC(OC(N)=O)CC1)C1CCc2cc(-n3ccc(NC(=O)N4CCN(C(=O)C(C)(C)NC(=O)OC(C)(C)C)CC4)nc3=O)ccc2C1. The van der Waals surface area contributed by atoms with Crippen LogP contribution in [0.25, 0.3) is 5.69 Å². The lowest BCUT2D eigenvalue weighted by Gasteiger charge is -2.42. The molecule has 52 heavy (non-hydrogen) atoms. The first-order valence-corrected chi connectivity index (χ1v) is 18.3. The Labute approximate surface area is 305 Å². The topological polar surface area (TPSA) is 181 Å². The molecule has 15 nitrogen and oxygen atoms in total. The van der Waals surface area contributed by atoms with E-state index in [1.165, 1.54) is 15.7 Å². The third kappa shape index (κ3) is 9.60. The third-order valence-corrected chi connectivity index (χ3v) is 10.1. The van der Waals surface area contributed by atoms with Crippen molar-refractivity contribution in [1.82, 2.24) is 29.6 Å². The van der Waals surface area contributed by atoms with Gasteiger partial charge in [-0.25, -0.2) is 19.2 Å². The van der Waals surface area contributed by atoms with Gasteiger partial charge in [-0.1, -0.05) is 13.0 Å². The van der Waals surface area contributed by atoms with Crippen LogP contribution in [0.2, 0.25) is 0 Å². The van der Waals surface area contributed by atoms with Crippen LogP contribution in [0.4, 0.5) is 20.2 Å². The zero-order valence-electron chi connectivity index (χ0n) is 31.3. The molecule has 2 aromatic rings. The fourth-order valence-electron chi connectivity index (χ4n) is 7.61. The summed E-state index contributed by atoms with van der Waals surface area (Å²) in [6.45, 7) is 12.8. The molecule has 0 spiro atoms. The maximum atomic E-state index is 13.2. The second-order valence-electron chi connectivity index (χ2n) is 15.5. The average Bonchev–Trinajstić information content (AvgIpc) is 3.07. The molecule has 5 rings (SSSR count). The van der Waals surface area contributed by atoms with Gasteiger partial charge in [-0.15, -0.1) is 0 Å². The van der Waals surface area contributed by atoms with Crippen LogP contribution in [-0.4, -0.2) is 110 Å². The zero-order chi connectivity index (χ0) is 37.8. The van der Waals surface area contributed by atoms with Gasteiger partial charge in [0.2, 0.25) is 5.91 Å². The molecule has 2 aliphatic carbocycles. The van der Waals surface area contributed by atoms with Gasteiger partial charge in [-0.2, -0.15) is 4.98 Å². The van der Waals surface area contributed by atoms with Crippen LogP contribution in [-0.2, 0) is 27.1 Å². The first kappa shape index (κ1) is 38.6. The average molecular weight is 723 g/mol. The number of hydrogen-bond donors (Lipinski definition) is 3. The normalized spacial score (nSPS) is 20.9. The van der Waals surface area contributed by atoms with E-state index in [4.69, 9.17) is 15.2 Å². The Bertz CT molecular complexity index is 1690. The van der Waals surface area contributed by atoms with Crippen molar-refractivity contribution >= 4 is 29.9 Å². The largest absolute Gasteiger partial charge is 0.446 e. The standard InChI is InChI=1S/C37H54N8O7/c1-7-44(26-12-14-29(15-13-26)51-32(38)47)27-10-8-25-23-28(11-9-24(25)22-27)45-17-16-30(40-34(45)49)39-33(48)43-20-18-42(19-21-43)31(46)37(5,6)41-35(50)52-36(2,3)4/h9,11,16-17,23,26-27,29H,7-8,10,12-15,18-22H2,1-6H3,(H2,38,47)(H,41,50)(H,39,40,48,49). The maximum Gasteiger partial charge on any atom is 0.408 e. The van der Waals surface area contributed by atoms with Crippen molar-refractivity contribution in [3.05, 3.63) is 52.1 Å². The van der Waals surface area contributed by atoms with Gasteiger partial charge >= 0.3 is 23.9 Å². The van der Waals surface area contributed by atoms with Gasteiger partial charge in [0.15, 0.2) is 0 Å². The van der Waals surface area contributed by atoms with Crippen LogP contribution in [0, 0.1) is 0 Å². The number of amides is 5. The molecule has 1 atom stereocenters. The van der Waals surface area contributed by atoms with Crippen LogP contribution in [0.3, 0.4) is 0 Å². The summed E-state index contributed by atoms with van der Waals surface area (Å²) in [5.41, 5.74) is 6.04. The van der Waals surface area contributed by atoms with Gasteiger partial charge in [0, 0.05) is 44.5 Å². The van der Waals surface area contributed by atoms with Crippen molar-refractivity contribution in [3.8, 4) is 5.69 Å². The lowest BCUT2D eigenvalue weighted by Crippen LogP contribution is -2.60. The van der Waals surface area contributed by atoms with Crippen LogP contribution >= 0.6 is 0 Å². The molecule has 5 amide bonds. The molecule has 1 aromatic heterocycles. The van der Waals surface area contributed by atoms with Crippen LogP contribution in [0.1, 0.15) is 84.8 Å². The van der Waals surface area contributed by atoms with Crippen LogP contribution in [0.15, 0.2) is 35.3 Å². The second kappa shape index (κ2) is 15.9. The Morgan fingerprint density at radius 2 is 1.60 bits per heavy atom. The number of urea groups is 1. The molecule has 3 aliphatic rings. The zero-order valence-corrected chi connectivity index (χ0v) is 31.3. The Balaban J connectivity index is 1.13. The predicted molar refractivity (Wildman–Crippen MR) is 195 cm³/mol. The lowest BCUT2D eigenvalue weighted by molar-refractivity contribution is -0.138. The number of carbonyl (C=O) groups is 4. The molecule has 0 radical (unpaired) electrons. The van der Waals surface area contributed by atoms with E-state index < -0.39 is 35.0 Å². The van der Waals surface area contributed by atoms with E-state index in [0.717, 1.165) is 57.2 Å². The number of carbonyl (C=O) groups excluding carboxylic acids is 4. The summed E-state index contributed by atoms with van der Waals surface area (Å²) in [5, 5.41) is 5.35. The molecule has 284 valence electrons. The first-order valence-electron chi connectivity index (χ1n) is 18.3. The number of nitrogens with zero attached hydrogens (tertiary/aromatic N) is 5. The minimum Gasteiger partial charge on any atom is -0.446 e. The summed E-state index contributed by atoms with van der Waals surface area (Å²) in [7, 11) is 0. The number of nitrogens with one attached hydrogen (secondary N) is 2. The van der Waals surface area contributed by atoms with E-state index in [1.54, 1.807) is 56.7 Å². The highest BCUT2D eigenvalue weighted by Gasteiger charge is 2.37. The number of aryl methyl sites for hydroxylation is 1. The highest BCUT2D eigenvalue weighted by Crippen LogP contribution is 2.32. The number of primary amides is 1. The second-order valence-corrected chi connectivity index (χ2v) is 15.5. The molecular weight excluding hydrogens is 668 g/mol.